The maximum atomic E-state index is 13.9. The van der Waals surface area contributed by atoms with Crippen LogP contribution in [0.25, 0.3) is 16.6 Å². The van der Waals surface area contributed by atoms with E-state index in [0.29, 0.717) is 44.2 Å². The van der Waals surface area contributed by atoms with E-state index < -0.39 is 30.5 Å². The van der Waals surface area contributed by atoms with E-state index in [4.69, 9.17) is 30.3 Å². The van der Waals surface area contributed by atoms with Gasteiger partial charge in [0.15, 0.2) is 0 Å². The fourth-order valence-electron chi connectivity index (χ4n) is 7.49. The molecule has 0 bridgehead atoms. The molecule has 1 aliphatic heterocycles. The van der Waals surface area contributed by atoms with Crippen LogP contribution in [-0.4, -0.2) is 60.0 Å². The summed E-state index contributed by atoms with van der Waals surface area (Å²) >= 11 is 5.46. The lowest BCUT2D eigenvalue weighted by Crippen LogP contribution is -2.42. The SMILES string of the molecule is [B]c1ccc(-n2ncc3cc(C45CN(S(=O)(=O)C6(C)CC6)CC4(S)CC(OC)(c4ccccc4)C5)c(C)cc32)cc1. The smallest absolute Gasteiger partial charge is 0.219 e. The van der Waals surface area contributed by atoms with Crippen molar-refractivity contribution in [3.05, 3.63) is 89.6 Å². The average molecular weight is 584 g/mol. The molecular weight excluding hydrogens is 549 g/mol. The Labute approximate surface area is 249 Å². The van der Waals surface area contributed by atoms with E-state index in [1.807, 2.05) is 60.3 Å². The summed E-state index contributed by atoms with van der Waals surface area (Å²) in [5.74, 6) is 0. The molecular formula is C32H34BN3O3S2. The van der Waals surface area contributed by atoms with Crippen molar-refractivity contribution in [2.45, 2.75) is 60.0 Å². The lowest BCUT2D eigenvalue weighted by atomic mass is 9.71. The summed E-state index contributed by atoms with van der Waals surface area (Å²) in [5, 5.41) is 5.72. The van der Waals surface area contributed by atoms with Gasteiger partial charge in [0.05, 0.1) is 27.7 Å². The van der Waals surface area contributed by atoms with Crippen LogP contribution in [-0.2, 0) is 25.8 Å². The topological polar surface area (TPSA) is 64.4 Å². The molecule has 210 valence electrons. The van der Waals surface area contributed by atoms with E-state index in [1.54, 1.807) is 11.4 Å². The Kier molecular flexibility index (Phi) is 5.96. The van der Waals surface area contributed by atoms with Crippen molar-refractivity contribution < 1.29 is 13.2 Å². The number of nitrogens with zero attached hydrogens (tertiary/aromatic N) is 3. The largest absolute Gasteiger partial charge is 0.373 e. The van der Waals surface area contributed by atoms with Gasteiger partial charge in [0.1, 0.15) is 7.85 Å². The van der Waals surface area contributed by atoms with Crippen molar-refractivity contribution in [2.24, 2.45) is 0 Å². The third-order valence-electron chi connectivity index (χ3n) is 10.1. The number of hydrogen-bond donors (Lipinski definition) is 1. The monoisotopic (exact) mass is 583 g/mol. The van der Waals surface area contributed by atoms with Gasteiger partial charge in [-0.3, -0.25) is 0 Å². The van der Waals surface area contributed by atoms with E-state index in [1.165, 1.54) is 0 Å². The summed E-state index contributed by atoms with van der Waals surface area (Å²) < 4.78 is 36.5. The van der Waals surface area contributed by atoms with Gasteiger partial charge in [-0.15, -0.1) is 0 Å². The standard InChI is InChI=1S/C32H34BN3O3S2/c1-22-15-28-23(17-34-36(28)26-11-9-25(33)10-12-26)16-27(22)30-18-31(39-3,24-7-5-4-6-8-24)19-32(30,40)21-35(20-30)41(37,38)29(2)13-14-29/h4-12,15-17,40H,13-14,18-21H2,1-3H3. The first-order valence-corrected chi connectivity index (χ1v) is 16.0. The Hall–Kier alpha value is -2.59. The summed E-state index contributed by atoms with van der Waals surface area (Å²) in [6.45, 7) is 4.73. The number of rotatable bonds is 6. The average Bonchev–Trinajstić information content (AvgIpc) is 3.37. The second-order valence-corrected chi connectivity index (χ2v) is 15.9. The van der Waals surface area contributed by atoms with Crippen molar-refractivity contribution in [1.82, 2.24) is 14.1 Å². The molecule has 3 atom stereocenters. The molecule has 3 fully saturated rings. The highest BCUT2D eigenvalue weighted by atomic mass is 32.2. The van der Waals surface area contributed by atoms with Gasteiger partial charge in [-0.2, -0.15) is 22.0 Å². The lowest BCUT2D eigenvalue weighted by molar-refractivity contribution is -0.0175. The van der Waals surface area contributed by atoms with E-state index in [9.17, 15) is 8.42 Å². The zero-order valence-corrected chi connectivity index (χ0v) is 25.4. The van der Waals surface area contributed by atoms with Crippen LogP contribution in [0.1, 0.15) is 49.3 Å². The zero-order valence-electron chi connectivity index (χ0n) is 23.7. The molecule has 2 heterocycles. The van der Waals surface area contributed by atoms with Crippen molar-refractivity contribution in [3.8, 4) is 5.69 Å². The highest BCUT2D eigenvalue weighted by Gasteiger charge is 2.70. The predicted molar refractivity (Wildman–Crippen MR) is 167 cm³/mol. The number of thiol groups is 1. The minimum Gasteiger partial charge on any atom is -0.373 e. The van der Waals surface area contributed by atoms with Crippen molar-refractivity contribution in [3.63, 3.8) is 0 Å². The zero-order chi connectivity index (χ0) is 28.8. The quantitative estimate of drug-likeness (QED) is 0.267. The number of aromatic nitrogens is 2. The highest BCUT2D eigenvalue weighted by molar-refractivity contribution is 7.91. The molecule has 3 aromatic carbocycles. The van der Waals surface area contributed by atoms with Gasteiger partial charge >= 0.3 is 0 Å². The minimum atomic E-state index is -3.47. The van der Waals surface area contributed by atoms with Gasteiger partial charge in [-0.25, -0.2) is 13.1 Å². The van der Waals surface area contributed by atoms with Crippen LogP contribution in [0, 0.1) is 6.92 Å². The van der Waals surface area contributed by atoms with Gasteiger partial charge < -0.3 is 4.74 Å². The fourth-order valence-corrected chi connectivity index (χ4v) is 10.3. The summed E-state index contributed by atoms with van der Waals surface area (Å²) in [4.78, 5) is 0. The molecule has 1 aromatic heterocycles. The number of sulfonamides is 1. The van der Waals surface area contributed by atoms with Crippen LogP contribution in [0.3, 0.4) is 0 Å². The normalized spacial score (nSPS) is 29.2. The first-order chi connectivity index (χ1) is 19.5. The van der Waals surface area contributed by atoms with Crippen LogP contribution < -0.4 is 5.46 Å². The van der Waals surface area contributed by atoms with Crippen molar-refractivity contribution in [1.29, 1.82) is 0 Å². The second-order valence-electron chi connectivity index (χ2n) is 12.6. The highest BCUT2D eigenvalue weighted by Crippen LogP contribution is 2.65. The van der Waals surface area contributed by atoms with Gasteiger partial charge in [0, 0.05) is 35.7 Å². The maximum Gasteiger partial charge on any atom is 0.219 e. The molecule has 0 spiro atoms. The Morgan fingerprint density at radius 3 is 2.37 bits per heavy atom. The summed E-state index contributed by atoms with van der Waals surface area (Å²) in [5.41, 5.74) is 4.78. The summed E-state index contributed by atoms with van der Waals surface area (Å²) in [7, 11) is 4.22. The van der Waals surface area contributed by atoms with E-state index in [2.05, 4.69) is 31.2 Å². The molecule has 3 unspecified atom stereocenters. The maximum absolute atomic E-state index is 13.9. The van der Waals surface area contributed by atoms with E-state index in [0.717, 1.165) is 33.3 Å². The third kappa shape index (κ3) is 3.85. The number of fused-ring (bicyclic) bond motifs is 2. The molecule has 6 nitrogen and oxygen atoms in total. The Bertz CT molecular complexity index is 1770. The molecule has 7 rings (SSSR count). The lowest BCUT2D eigenvalue weighted by Gasteiger charge is -2.37. The predicted octanol–water partition coefficient (Wildman–Crippen LogP) is 4.57. The van der Waals surface area contributed by atoms with Crippen molar-refractivity contribution in [2.75, 3.05) is 20.2 Å². The van der Waals surface area contributed by atoms with E-state index >= 15 is 0 Å². The molecule has 2 aliphatic carbocycles. The first-order valence-electron chi connectivity index (χ1n) is 14.1. The van der Waals surface area contributed by atoms with Gasteiger partial charge in [0.25, 0.3) is 0 Å². The molecule has 2 saturated carbocycles. The fraction of sp³-hybridized carbons (Fsp3) is 0.406. The molecule has 1 saturated heterocycles. The first kappa shape index (κ1) is 27.3. The summed E-state index contributed by atoms with van der Waals surface area (Å²) in [6.07, 6.45) is 4.54. The van der Waals surface area contributed by atoms with Crippen molar-refractivity contribution >= 4 is 46.9 Å². The molecule has 3 aliphatic rings. The van der Waals surface area contributed by atoms with Crippen LogP contribution >= 0.6 is 12.6 Å². The summed E-state index contributed by atoms with van der Waals surface area (Å²) in [6, 6.07) is 22.4. The van der Waals surface area contributed by atoms with Crippen LogP contribution in [0.5, 0.6) is 0 Å². The second kappa shape index (κ2) is 8.96. The Morgan fingerprint density at radius 1 is 1.00 bits per heavy atom. The molecule has 0 N–H and O–H groups in total. The number of aryl methyl sites for hydroxylation is 1. The molecule has 2 radical (unpaired) electrons. The number of methoxy groups -OCH3 is 1. The Morgan fingerprint density at radius 2 is 1.71 bits per heavy atom. The number of ether oxygens (including phenoxy) is 1. The third-order valence-corrected chi connectivity index (χ3v) is 13.4. The number of benzene rings is 3. The van der Waals surface area contributed by atoms with Gasteiger partial charge in [-0.1, -0.05) is 47.9 Å². The molecule has 41 heavy (non-hydrogen) atoms. The van der Waals surface area contributed by atoms with Crippen LogP contribution in [0.4, 0.5) is 0 Å². The Balaban J connectivity index is 1.40. The molecule has 4 aromatic rings. The molecule has 9 heteroatoms. The minimum absolute atomic E-state index is 0.355. The van der Waals surface area contributed by atoms with Gasteiger partial charge in [0.2, 0.25) is 10.0 Å². The molecule has 0 amide bonds. The number of hydrogen-bond acceptors (Lipinski definition) is 5. The van der Waals surface area contributed by atoms with E-state index in [-0.39, 0.29) is 0 Å². The van der Waals surface area contributed by atoms with Crippen LogP contribution in [0.15, 0.2) is 72.9 Å². The van der Waals surface area contributed by atoms with Gasteiger partial charge in [-0.05, 0) is 80.5 Å². The van der Waals surface area contributed by atoms with Crippen LogP contribution in [0.2, 0.25) is 0 Å².